The molecule has 5 heteroatoms. The molecule has 0 bridgehead atoms. The van der Waals surface area contributed by atoms with Crippen molar-refractivity contribution < 1.29 is 13.2 Å². The first-order valence-electron chi connectivity index (χ1n) is 7.66. The van der Waals surface area contributed by atoms with Crippen LogP contribution < -0.4 is 5.32 Å². The fraction of sp³-hybridized carbons (Fsp3) is 0.625. The van der Waals surface area contributed by atoms with Gasteiger partial charge in [-0.2, -0.15) is 0 Å². The Bertz CT molecular complexity index is 510. The van der Waals surface area contributed by atoms with Gasteiger partial charge in [-0.15, -0.1) is 0 Å². The van der Waals surface area contributed by atoms with Gasteiger partial charge >= 0.3 is 0 Å². The molecule has 0 spiro atoms. The zero-order valence-corrected chi connectivity index (χ0v) is 13.4. The fourth-order valence-corrected chi connectivity index (χ4v) is 4.48. The molecule has 1 aliphatic heterocycles. The Morgan fingerprint density at radius 3 is 2.71 bits per heavy atom. The molecule has 1 aliphatic rings. The quantitative estimate of drug-likeness (QED) is 0.798. The van der Waals surface area contributed by atoms with Crippen molar-refractivity contribution in [3.63, 3.8) is 0 Å². The summed E-state index contributed by atoms with van der Waals surface area (Å²) in [6.45, 7) is 4.35. The molecule has 2 unspecified atom stereocenters. The summed E-state index contributed by atoms with van der Waals surface area (Å²) in [7, 11) is -3.12. The van der Waals surface area contributed by atoms with Crippen LogP contribution in [0, 0.1) is 5.92 Å². The van der Waals surface area contributed by atoms with Crippen molar-refractivity contribution in [2.45, 2.75) is 31.6 Å². The van der Waals surface area contributed by atoms with Crippen LogP contribution in [0.3, 0.4) is 0 Å². The van der Waals surface area contributed by atoms with E-state index in [1.54, 1.807) is 0 Å². The van der Waals surface area contributed by atoms with Gasteiger partial charge in [-0.3, -0.25) is 0 Å². The third-order valence-electron chi connectivity index (χ3n) is 3.85. The van der Waals surface area contributed by atoms with Gasteiger partial charge in [0.15, 0.2) is 9.84 Å². The van der Waals surface area contributed by atoms with Crippen LogP contribution in [0.25, 0.3) is 0 Å². The molecule has 1 N–H and O–H groups in total. The van der Waals surface area contributed by atoms with E-state index in [1.807, 2.05) is 30.3 Å². The lowest BCUT2D eigenvalue weighted by Gasteiger charge is -2.23. The van der Waals surface area contributed by atoms with Crippen molar-refractivity contribution in [1.29, 1.82) is 0 Å². The molecule has 1 aromatic carbocycles. The van der Waals surface area contributed by atoms with Gasteiger partial charge in [0, 0.05) is 18.6 Å². The maximum absolute atomic E-state index is 12.4. The Labute approximate surface area is 127 Å². The van der Waals surface area contributed by atoms with Gasteiger partial charge in [0.05, 0.1) is 18.1 Å². The summed E-state index contributed by atoms with van der Waals surface area (Å²) in [5, 5.41) is 3.39. The van der Waals surface area contributed by atoms with Crippen molar-refractivity contribution in [2.75, 3.05) is 25.5 Å². The van der Waals surface area contributed by atoms with Crippen LogP contribution in [0.1, 0.15) is 25.3 Å². The molecule has 0 saturated carbocycles. The van der Waals surface area contributed by atoms with Gasteiger partial charge < -0.3 is 10.1 Å². The van der Waals surface area contributed by atoms with Gasteiger partial charge in [-0.25, -0.2) is 8.42 Å². The van der Waals surface area contributed by atoms with Gasteiger partial charge in [-0.1, -0.05) is 37.3 Å². The largest absolute Gasteiger partial charge is 0.381 e. The number of hydrogen-bond acceptors (Lipinski definition) is 4. The molecule has 1 heterocycles. The molecule has 1 saturated heterocycles. The number of hydrogen-bond donors (Lipinski definition) is 1. The monoisotopic (exact) mass is 311 g/mol. The molecule has 0 amide bonds. The molecule has 0 aromatic heterocycles. The molecule has 118 valence electrons. The minimum absolute atomic E-state index is 0.00108. The van der Waals surface area contributed by atoms with Crippen LogP contribution in [-0.2, 0) is 20.3 Å². The minimum atomic E-state index is -3.12. The number of rotatable bonds is 8. The molecule has 4 nitrogen and oxygen atoms in total. The predicted molar refractivity (Wildman–Crippen MR) is 84.9 cm³/mol. The van der Waals surface area contributed by atoms with Crippen LogP contribution in [0.4, 0.5) is 0 Å². The highest BCUT2D eigenvalue weighted by Crippen LogP contribution is 2.19. The maximum atomic E-state index is 12.4. The van der Waals surface area contributed by atoms with Crippen LogP contribution in [0.2, 0.25) is 0 Å². The number of nitrogens with one attached hydrogen (secondary N) is 1. The highest BCUT2D eigenvalue weighted by molar-refractivity contribution is 7.90. The Balaban J connectivity index is 2.00. The van der Waals surface area contributed by atoms with Crippen molar-refractivity contribution in [2.24, 2.45) is 5.92 Å². The molecule has 2 rings (SSSR count). The van der Waals surface area contributed by atoms with Gasteiger partial charge in [0.1, 0.15) is 0 Å². The standard InChI is InChI=1S/C16H25NO3S/c1-2-9-17-16(15-8-10-20-11-15)13-21(18,19)12-14-6-4-3-5-7-14/h3-7,15-17H,2,8-13H2,1H3. The maximum Gasteiger partial charge on any atom is 0.155 e. The second-order valence-corrected chi connectivity index (χ2v) is 7.83. The zero-order chi connectivity index (χ0) is 15.1. The van der Waals surface area contributed by atoms with Gasteiger partial charge in [0.25, 0.3) is 0 Å². The molecular formula is C16H25NO3S. The highest BCUT2D eigenvalue weighted by atomic mass is 32.2. The van der Waals surface area contributed by atoms with Gasteiger partial charge in [-0.05, 0) is 24.9 Å². The normalized spacial score (nSPS) is 20.5. The average Bonchev–Trinajstić information content (AvgIpc) is 2.98. The van der Waals surface area contributed by atoms with Crippen molar-refractivity contribution in [3.05, 3.63) is 35.9 Å². The summed E-state index contributed by atoms with van der Waals surface area (Å²) in [5.41, 5.74) is 0.856. The second-order valence-electron chi connectivity index (χ2n) is 5.72. The smallest absolute Gasteiger partial charge is 0.155 e. The van der Waals surface area contributed by atoms with E-state index in [0.29, 0.717) is 12.5 Å². The van der Waals surface area contributed by atoms with E-state index < -0.39 is 9.84 Å². The van der Waals surface area contributed by atoms with E-state index in [1.165, 1.54) is 0 Å². The third-order valence-corrected chi connectivity index (χ3v) is 5.49. The van der Waals surface area contributed by atoms with Crippen LogP contribution >= 0.6 is 0 Å². The molecule has 21 heavy (non-hydrogen) atoms. The van der Waals surface area contributed by atoms with E-state index in [0.717, 1.165) is 31.6 Å². The number of sulfone groups is 1. The predicted octanol–water partition coefficient (Wildman–Crippen LogP) is 2.01. The van der Waals surface area contributed by atoms with Crippen LogP contribution in [0.5, 0.6) is 0 Å². The summed E-state index contributed by atoms with van der Waals surface area (Å²) >= 11 is 0. The first kappa shape index (κ1) is 16.5. The van der Waals surface area contributed by atoms with E-state index in [9.17, 15) is 8.42 Å². The second kappa shape index (κ2) is 7.92. The Kier molecular flexibility index (Phi) is 6.21. The number of benzene rings is 1. The first-order valence-corrected chi connectivity index (χ1v) is 9.48. The summed E-state index contributed by atoms with van der Waals surface area (Å²) in [6, 6.07) is 9.39. The third kappa shape index (κ3) is 5.41. The summed E-state index contributed by atoms with van der Waals surface area (Å²) in [5.74, 6) is 0.615. The molecular weight excluding hydrogens is 286 g/mol. The van der Waals surface area contributed by atoms with E-state index in [4.69, 9.17) is 4.74 Å². The molecule has 0 aliphatic carbocycles. The summed E-state index contributed by atoms with van der Waals surface area (Å²) in [4.78, 5) is 0. The topological polar surface area (TPSA) is 55.4 Å². The van der Waals surface area contributed by atoms with Crippen molar-refractivity contribution >= 4 is 9.84 Å². The lowest BCUT2D eigenvalue weighted by Crippen LogP contribution is -2.42. The van der Waals surface area contributed by atoms with E-state index in [2.05, 4.69) is 12.2 Å². The van der Waals surface area contributed by atoms with E-state index in [-0.39, 0.29) is 17.5 Å². The molecule has 1 aromatic rings. The lowest BCUT2D eigenvalue weighted by atomic mass is 10.0. The van der Waals surface area contributed by atoms with Crippen molar-refractivity contribution in [1.82, 2.24) is 5.32 Å². The number of ether oxygens (including phenoxy) is 1. The fourth-order valence-electron chi connectivity index (χ4n) is 2.72. The lowest BCUT2D eigenvalue weighted by molar-refractivity contribution is 0.178. The summed E-state index contributed by atoms with van der Waals surface area (Å²) < 4.78 is 30.3. The Morgan fingerprint density at radius 1 is 1.33 bits per heavy atom. The zero-order valence-electron chi connectivity index (χ0n) is 12.6. The average molecular weight is 311 g/mol. The Morgan fingerprint density at radius 2 is 2.10 bits per heavy atom. The van der Waals surface area contributed by atoms with E-state index >= 15 is 0 Å². The highest BCUT2D eigenvalue weighted by Gasteiger charge is 2.29. The van der Waals surface area contributed by atoms with Gasteiger partial charge in [0.2, 0.25) is 0 Å². The first-order chi connectivity index (χ1) is 10.1. The van der Waals surface area contributed by atoms with Crippen LogP contribution in [-0.4, -0.2) is 40.0 Å². The van der Waals surface area contributed by atoms with Crippen LogP contribution in [0.15, 0.2) is 30.3 Å². The SMILES string of the molecule is CCCNC(CS(=O)(=O)Cc1ccccc1)C1CCOC1. The summed E-state index contributed by atoms with van der Waals surface area (Å²) in [6.07, 6.45) is 1.95. The molecule has 1 fully saturated rings. The van der Waals surface area contributed by atoms with Crippen molar-refractivity contribution in [3.8, 4) is 0 Å². The molecule has 0 radical (unpaired) electrons. The Hall–Kier alpha value is -0.910. The molecule has 2 atom stereocenters. The minimum Gasteiger partial charge on any atom is -0.381 e.